The predicted octanol–water partition coefficient (Wildman–Crippen LogP) is 1.51. The average Bonchev–Trinajstić information content (AvgIpc) is 3.62. The first kappa shape index (κ1) is 22.5. The highest BCUT2D eigenvalue weighted by molar-refractivity contribution is 5.83. The third kappa shape index (κ3) is 4.82. The van der Waals surface area contributed by atoms with E-state index in [0.717, 1.165) is 24.6 Å². The molecule has 1 N–H and O–H groups in total. The van der Waals surface area contributed by atoms with Gasteiger partial charge >= 0.3 is 6.18 Å². The maximum atomic E-state index is 13.3. The highest BCUT2D eigenvalue weighted by atomic mass is 19.4. The SMILES string of the molecule is O=C(NC1CC1)[C@H]1Cc2cc(C(F)(F)F)ccc2N2CCN(CC(=O)N3CCOCC3)C[C@H]12. The summed E-state index contributed by atoms with van der Waals surface area (Å²) in [6, 6.07) is 3.84. The Labute approximate surface area is 190 Å². The molecule has 2 atom stereocenters. The van der Waals surface area contributed by atoms with Gasteiger partial charge in [-0.05, 0) is 43.0 Å². The normalized spacial score (nSPS) is 25.9. The molecule has 0 bridgehead atoms. The molecule has 1 aromatic carbocycles. The fourth-order valence-electron chi connectivity index (χ4n) is 5.14. The Balaban J connectivity index is 1.36. The lowest BCUT2D eigenvalue weighted by atomic mass is 9.82. The minimum absolute atomic E-state index is 0.0526. The lowest BCUT2D eigenvalue weighted by Crippen LogP contribution is -2.62. The second-order valence-corrected chi connectivity index (χ2v) is 9.42. The summed E-state index contributed by atoms with van der Waals surface area (Å²) < 4.78 is 45.3. The number of halogens is 3. The number of morpholine rings is 1. The van der Waals surface area contributed by atoms with Crippen molar-refractivity contribution in [2.45, 2.75) is 37.5 Å². The summed E-state index contributed by atoms with van der Waals surface area (Å²) in [7, 11) is 0. The van der Waals surface area contributed by atoms with Crippen LogP contribution in [0.5, 0.6) is 0 Å². The molecule has 3 heterocycles. The molecule has 0 unspecified atom stereocenters. The number of hydrogen-bond acceptors (Lipinski definition) is 5. The first-order valence-corrected chi connectivity index (χ1v) is 11.6. The summed E-state index contributed by atoms with van der Waals surface area (Å²) in [6.07, 6.45) is -2.26. The molecule has 0 radical (unpaired) electrons. The van der Waals surface area contributed by atoms with Gasteiger partial charge in [0.2, 0.25) is 11.8 Å². The van der Waals surface area contributed by atoms with Gasteiger partial charge < -0.3 is 19.9 Å². The highest BCUT2D eigenvalue weighted by Gasteiger charge is 2.44. The number of rotatable bonds is 4. The molecule has 0 aromatic heterocycles. The molecule has 2 amide bonds. The van der Waals surface area contributed by atoms with Crippen LogP contribution in [0.4, 0.5) is 18.9 Å². The Bertz CT molecular complexity index is 915. The van der Waals surface area contributed by atoms with E-state index in [1.165, 1.54) is 12.1 Å². The van der Waals surface area contributed by atoms with Crippen LogP contribution in [0.15, 0.2) is 18.2 Å². The largest absolute Gasteiger partial charge is 0.416 e. The lowest BCUT2D eigenvalue weighted by molar-refractivity contribution is -0.138. The maximum Gasteiger partial charge on any atom is 0.416 e. The number of nitrogens with zero attached hydrogens (tertiary/aromatic N) is 3. The van der Waals surface area contributed by atoms with E-state index >= 15 is 0 Å². The van der Waals surface area contributed by atoms with Crippen LogP contribution in [0, 0.1) is 5.92 Å². The van der Waals surface area contributed by atoms with Crippen LogP contribution < -0.4 is 10.2 Å². The molecule has 5 rings (SSSR count). The molecular formula is C23H29F3N4O3. The standard InChI is InChI=1S/C23H29F3N4O3/c24-23(25,26)16-1-4-19-15(11-16)12-18(22(32)27-17-2-3-17)20-13-28(5-6-30(19)20)14-21(31)29-7-9-33-10-8-29/h1,4,11,17-18,20H,2-3,5-10,12-14H2,(H,27,32)/t18-,20+/m0/s1. The third-order valence-corrected chi connectivity index (χ3v) is 7.11. The lowest BCUT2D eigenvalue weighted by Gasteiger charge is -2.49. The number of benzene rings is 1. The van der Waals surface area contributed by atoms with Gasteiger partial charge in [0.1, 0.15) is 0 Å². The zero-order valence-electron chi connectivity index (χ0n) is 18.4. The molecule has 10 heteroatoms. The highest BCUT2D eigenvalue weighted by Crippen LogP contribution is 2.40. The van der Waals surface area contributed by atoms with Crippen molar-refractivity contribution in [3.63, 3.8) is 0 Å². The van der Waals surface area contributed by atoms with Crippen molar-refractivity contribution in [1.29, 1.82) is 0 Å². The number of carbonyl (C=O) groups excluding carboxylic acids is 2. The third-order valence-electron chi connectivity index (χ3n) is 7.11. The first-order chi connectivity index (χ1) is 15.8. The Kier molecular flexibility index (Phi) is 5.98. The number of fused-ring (bicyclic) bond motifs is 3. The number of hydrogen-bond donors (Lipinski definition) is 1. The van der Waals surface area contributed by atoms with Gasteiger partial charge in [0, 0.05) is 44.5 Å². The van der Waals surface area contributed by atoms with Gasteiger partial charge in [-0.2, -0.15) is 13.2 Å². The van der Waals surface area contributed by atoms with Crippen LogP contribution in [0.2, 0.25) is 0 Å². The number of alkyl halides is 3. The van der Waals surface area contributed by atoms with Crippen molar-refractivity contribution < 1.29 is 27.5 Å². The second kappa shape index (κ2) is 8.79. The average molecular weight is 467 g/mol. The van der Waals surface area contributed by atoms with E-state index in [-0.39, 0.29) is 36.9 Å². The van der Waals surface area contributed by atoms with Gasteiger partial charge in [0.25, 0.3) is 0 Å². The zero-order chi connectivity index (χ0) is 23.2. The van der Waals surface area contributed by atoms with E-state index in [0.29, 0.717) is 51.5 Å². The molecule has 180 valence electrons. The number of piperazine rings is 1. The Hall–Kier alpha value is -2.33. The van der Waals surface area contributed by atoms with Crippen molar-refractivity contribution in [2.24, 2.45) is 5.92 Å². The van der Waals surface area contributed by atoms with Crippen LogP contribution in [0.1, 0.15) is 24.0 Å². The summed E-state index contributed by atoms with van der Waals surface area (Å²) in [5.74, 6) is -0.503. The summed E-state index contributed by atoms with van der Waals surface area (Å²) >= 11 is 0. The van der Waals surface area contributed by atoms with Crippen LogP contribution in [0.3, 0.4) is 0 Å². The molecule has 4 aliphatic rings. The molecular weight excluding hydrogens is 437 g/mol. The van der Waals surface area contributed by atoms with Crippen LogP contribution in [-0.4, -0.2) is 86.2 Å². The zero-order valence-corrected chi connectivity index (χ0v) is 18.4. The Morgan fingerprint density at radius 3 is 2.55 bits per heavy atom. The number of nitrogens with one attached hydrogen (secondary N) is 1. The molecule has 33 heavy (non-hydrogen) atoms. The molecule has 0 spiro atoms. The quantitative estimate of drug-likeness (QED) is 0.729. The molecule has 1 aromatic rings. The Morgan fingerprint density at radius 1 is 1.09 bits per heavy atom. The van der Waals surface area contributed by atoms with E-state index in [4.69, 9.17) is 4.74 Å². The number of ether oxygens (including phenoxy) is 1. The van der Waals surface area contributed by atoms with Crippen molar-refractivity contribution in [2.75, 3.05) is 57.4 Å². The van der Waals surface area contributed by atoms with Gasteiger partial charge in [-0.1, -0.05) is 0 Å². The number of anilines is 1. The van der Waals surface area contributed by atoms with Gasteiger partial charge in [0.05, 0.1) is 37.3 Å². The number of carbonyl (C=O) groups is 2. The molecule has 2 saturated heterocycles. The number of amides is 2. The second-order valence-electron chi connectivity index (χ2n) is 9.42. The fraction of sp³-hybridized carbons (Fsp3) is 0.652. The van der Waals surface area contributed by atoms with Crippen LogP contribution in [-0.2, 0) is 26.9 Å². The van der Waals surface area contributed by atoms with E-state index in [1.807, 2.05) is 4.90 Å². The maximum absolute atomic E-state index is 13.3. The monoisotopic (exact) mass is 466 g/mol. The van der Waals surface area contributed by atoms with Crippen molar-refractivity contribution in [1.82, 2.24) is 15.1 Å². The van der Waals surface area contributed by atoms with Gasteiger partial charge in [-0.15, -0.1) is 0 Å². The molecule has 3 fully saturated rings. The van der Waals surface area contributed by atoms with Crippen molar-refractivity contribution >= 4 is 17.5 Å². The van der Waals surface area contributed by atoms with E-state index in [2.05, 4.69) is 15.1 Å². The van der Waals surface area contributed by atoms with E-state index in [1.54, 1.807) is 0 Å². The topological polar surface area (TPSA) is 65.1 Å². The summed E-state index contributed by atoms with van der Waals surface area (Å²) in [4.78, 5) is 31.8. The molecule has 1 aliphatic carbocycles. The minimum atomic E-state index is -4.42. The Morgan fingerprint density at radius 2 is 1.85 bits per heavy atom. The van der Waals surface area contributed by atoms with E-state index in [9.17, 15) is 22.8 Å². The van der Waals surface area contributed by atoms with Gasteiger partial charge in [-0.3, -0.25) is 14.5 Å². The van der Waals surface area contributed by atoms with Crippen LogP contribution >= 0.6 is 0 Å². The predicted molar refractivity (Wildman–Crippen MR) is 115 cm³/mol. The smallest absolute Gasteiger partial charge is 0.378 e. The van der Waals surface area contributed by atoms with Crippen molar-refractivity contribution in [3.8, 4) is 0 Å². The van der Waals surface area contributed by atoms with Crippen LogP contribution in [0.25, 0.3) is 0 Å². The van der Waals surface area contributed by atoms with Crippen molar-refractivity contribution in [3.05, 3.63) is 29.3 Å². The van der Waals surface area contributed by atoms with E-state index < -0.39 is 17.7 Å². The van der Waals surface area contributed by atoms with Gasteiger partial charge in [-0.25, -0.2) is 0 Å². The minimum Gasteiger partial charge on any atom is -0.378 e. The first-order valence-electron chi connectivity index (χ1n) is 11.6. The summed E-state index contributed by atoms with van der Waals surface area (Å²) in [6.45, 7) is 4.24. The summed E-state index contributed by atoms with van der Waals surface area (Å²) in [5.41, 5.74) is 0.647. The van der Waals surface area contributed by atoms with Gasteiger partial charge in [0.15, 0.2) is 0 Å². The molecule has 1 saturated carbocycles. The summed E-state index contributed by atoms with van der Waals surface area (Å²) in [5, 5.41) is 3.04. The molecule has 7 nitrogen and oxygen atoms in total. The fourth-order valence-corrected chi connectivity index (χ4v) is 5.14. The molecule has 3 aliphatic heterocycles.